The maximum Gasteiger partial charge on any atom is 0.271 e. The van der Waals surface area contributed by atoms with Gasteiger partial charge in [-0.3, -0.25) is 4.79 Å². The average molecular weight is 379 g/mol. The molecule has 0 aliphatic heterocycles. The van der Waals surface area contributed by atoms with Crippen molar-refractivity contribution in [2.45, 2.75) is 12.8 Å². The lowest BCUT2D eigenvalue weighted by Crippen LogP contribution is -2.17. The summed E-state index contributed by atoms with van der Waals surface area (Å²) in [4.78, 5) is 12.1. The zero-order valence-electron chi connectivity index (χ0n) is 12.9. The number of benzene rings is 3. The van der Waals surface area contributed by atoms with Crippen LogP contribution in [0.3, 0.4) is 0 Å². The Morgan fingerprint density at radius 1 is 1.00 bits per heavy atom. The Balaban J connectivity index is 1.58. The molecule has 0 atom stereocenters. The average Bonchev–Trinajstić information content (AvgIpc) is 3.02. The number of nitrogens with one attached hydrogen (secondary N) is 1. The van der Waals surface area contributed by atoms with Crippen molar-refractivity contribution in [3.05, 3.63) is 81.3 Å². The second kappa shape index (κ2) is 6.21. The van der Waals surface area contributed by atoms with E-state index in [0.717, 1.165) is 22.9 Å². The van der Waals surface area contributed by atoms with E-state index in [-0.39, 0.29) is 5.91 Å². The highest BCUT2D eigenvalue weighted by Gasteiger charge is 2.15. The molecule has 3 aromatic rings. The third kappa shape index (κ3) is 2.74. The highest BCUT2D eigenvalue weighted by atomic mass is 79.9. The topological polar surface area (TPSA) is 41.5 Å². The fourth-order valence-electron chi connectivity index (χ4n) is 3.21. The molecule has 1 aliphatic rings. The largest absolute Gasteiger partial charge is 0.271 e. The molecule has 4 rings (SSSR count). The van der Waals surface area contributed by atoms with Crippen molar-refractivity contribution < 1.29 is 4.79 Å². The quantitative estimate of drug-likeness (QED) is 0.530. The van der Waals surface area contributed by atoms with E-state index in [4.69, 9.17) is 0 Å². The third-order valence-corrected chi connectivity index (χ3v) is 4.92. The molecule has 4 heteroatoms. The molecular formula is C20H15BrN2O. The van der Waals surface area contributed by atoms with Gasteiger partial charge in [-0.1, -0.05) is 46.3 Å². The number of rotatable bonds is 3. The van der Waals surface area contributed by atoms with Gasteiger partial charge in [-0.05, 0) is 59.0 Å². The lowest BCUT2D eigenvalue weighted by atomic mass is 10.0. The Kier molecular flexibility index (Phi) is 3.90. The minimum absolute atomic E-state index is 0.218. The number of hydrazone groups is 1. The van der Waals surface area contributed by atoms with E-state index in [2.05, 4.69) is 56.8 Å². The lowest BCUT2D eigenvalue weighted by molar-refractivity contribution is 0.0955. The third-order valence-electron chi connectivity index (χ3n) is 4.39. The van der Waals surface area contributed by atoms with Crippen LogP contribution in [-0.4, -0.2) is 12.1 Å². The number of carbonyl (C=O) groups excluding carboxylic acids is 1. The first-order valence-electron chi connectivity index (χ1n) is 7.85. The second-order valence-corrected chi connectivity index (χ2v) is 6.78. The second-order valence-electron chi connectivity index (χ2n) is 5.86. The molecule has 0 bridgehead atoms. The Bertz CT molecular complexity index is 951. The Morgan fingerprint density at radius 2 is 1.75 bits per heavy atom. The van der Waals surface area contributed by atoms with Crippen LogP contribution in [0.1, 0.15) is 27.0 Å². The van der Waals surface area contributed by atoms with Crippen LogP contribution in [0.4, 0.5) is 0 Å². The molecule has 0 saturated carbocycles. The Labute approximate surface area is 148 Å². The van der Waals surface area contributed by atoms with Crippen molar-refractivity contribution in [1.29, 1.82) is 0 Å². The van der Waals surface area contributed by atoms with Crippen molar-refractivity contribution in [2.24, 2.45) is 5.10 Å². The molecule has 1 amide bonds. The van der Waals surface area contributed by atoms with Gasteiger partial charge in [-0.25, -0.2) is 5.43 Å². The highest BCUT2D eigenvalue weighted by molar-refractivity contribution is 9.10. The van der Waals surface area contributed by atoms with Crippen LogP contribution in [0.25, 0.3) is 10.8 Å². The summed E-state index contributed by atoms with van der Waals surface area (Å²) in [5.41, 5.74) is 6.99. The first-order chi connectivity index (χ1) is 11.7. The number of amides is 1. The molecule has 0 unspecified atom stereocenters. The molecule has 0 radical (unpaired) electrons. The van der Waals surface area contributed by atoms with Crippen LogP contribution in [0.2, 0.25) is 0 Å². The predicted octanol–water partition coefficient (Wildman–Crippen LogP) is 4.46. The summed E-state index contributed by atoms with van der Waals surface area (Å²) in [5, 5.41) is 6.68. The molecule has 0 aromatic heterocycles. The SMILES string of the molecule is O=C(N/N=C\c1ccc2c3c(cccc13)CC2)c1ccc(Br)cc1. The molecule has 118 valence electrons. The minimum atomic E-state index is -0.218. The van der Waals surface area contributed by atoms with E-state index in [1.807, 2.05) is 12.1 Å². The monoisotopic (exact) mass is 378 g/mol. The van der Waals surface area contributed by atoms with Gasteiger partial charge in [-0.2, -0.15) is 5.10 Å². The van der Waals surface area contributed by atoms with Gasteiger partial charge < -0.3 is 0 Å². The predicted molar refractivity (Wildman–Crippen MR) is 101 cm³/mol. The minimum Gasteiger partial charge on any atom is -0.267 e. The number of hydrogen-bond donors (Lipinski definition) is 1. The summed E-state index contributed by atoms with van der Waals surface area (Å²) in [5.74, 6) is -0.218. The maximum atomic E-state index is 12.1. The summed E-state index contributed by atoms with van der Waals surface area (Å²) in [6.45, 7) is 0. The molecule has 3 nitrogen and oxygen atoms in total. The van der Waals surface area contributed by atoms with Crippen molar-refractivity contribution in [3.63, 3.8) is 0 Å². The fraction of sp³-hybridized carbons (Fsp3) is 0.100. The number of nitrogens with zero attached hydrogens (tertiary/aromatic N) is 1. The van der Waals surface area contributed by atoms with Gasteiger partial charge in [0, 0.05) is 15.6 Å². The standard InChI is InChI=1S/C20H15BrN2O/c21-17-10-8-15(9-11-17)20(24)23-22-12-16-7-6-14-5-4-13-2-1-3-18(16)19(13)14/h1-3,6-12H,4-5H2,(H,23,24)/b22-12-. The van der Waals surface area contributed by atoms with Gasteiger partial charge in [0.05, 0.1) is 6.21 Å². The molecule has 1 aliphatic carbocycles. The number of carbonyl (C=O) groups is 1. The van der Waals surface area contributed by atoms with Crippen molar-refractivity contribution in [2.75, 3.05) is 0 Å². The van der Waals surface area contributed by atoms with Gasteiger partial charge >= 0.3 is 0 Å². The number of halogens is 1. The van der Waals surface area contributed by atoms with Crippen molar-refractivity contribution >= 4 is 38.8 Å². The summed E-state index contributed by atoms with van der Waals surface area (Å²) in [6.07, 6.45) is 3.93. The molecule has 1 N–H and O–H groups in total. The smallest absolute Gasteiger partial charge is 0.267 e. The lowest BCUT2D eigenvalue weighted by Gasteiger charge is -2.05. The summed E-state index contributed by atoms with van der Waals surface area (Å²) in [7, 11) is 0. The van der Waals surface area contributed by atoms with E-state index in [9.17, 15) is 4.79 Å². The van der Waals surface area contributed by atoms with Crippen LogP contribution in [-0.2, 0) is 12.8 Å². The fourth-order valence-corrected chi connectivity index (χ4v) is 3.47. The molecule has 0 fully saturated rings. The molecule has 0 spiro atoms. The van der Waals surface area contributed by atoms with Gasteiger partial charge in [0.25, 0.3) is 5.91 Å². The normalized spacial score (nSPS) is 12.9. The number of hydrogen-bond acceptors (Lipinski definition) is 2. The molecule has 0 heterocycles. The first kappa shape index (κ1) is 15.1. The van der Waals surface area contributed by atoms with Crippen LogP contribution >= 0.6 is 15.9 Å². The Hall–Kier alpha value is -2.46. The summed E-state index contributed by atoms with van der Waals surface area (Å²) >= 11 is 3.36. The highest BCUT2D eigenvalue weighted by Crippen LogP contribution is 2.32. The zero-order valence-corrected chi connectivity index (χ0v) is 14.5. The Morgan fingerprint density at radius 3 is 2.54 bits per heavy atom. The van der Waals surface area contributed by atoms with E-state index in [0.29, 0.717) is 5.56 Å². The van der Waals surface area contributed by atoms with Crippen molar-refractivity contribution in [1.82, 2.24) is 5.43 Å². The van der Waals surface area contributed by atoms with E-state index < -0.39 is 0 Å². The van der Waals surface area contributed by atoms with E-state index in [1.54, 1.807) is 18.3 Å². The molecule has 0 saturated heterocycles. The summed E-state index contributed by atoms with van der Waals surface area (Å²) in [6, 6.07) is 17.8. The van der Waals surface area contributed by atoms with Gasteiger partial charge in [-0.15, -0.1) is 0 Å². The van der Waals surface area contributed by atoms with Crippen molar-refractivity contribution in [3.8, 4) is 0 Å². The first-order valence-corrected chi connectivity index (χ1v) is 8.64. The van der Waals surface area contributed by atoms with Crippen LogP contribution in [0.15, 0.2) is 64.2 Å². The summed E-state index contributed by atoms with van der Waals surface area (Å²) < 4.78 is 0.940. The van der Waals surface area contributed by atoms with Crippen LogP contribution < -0.4 is 5.43 Å². The number of aryl methyl sites for hydroxylation is 2. The van der Waals surface area contributed by atoms with E-state index in [1.165, 1.54) is 21.9 Å². The molecular weight excluding hydrogens is 364 g/mol. The van der Waals surface area contributed by atoms with Gasteiger partial charge in [0.15, 0.2) is 0 Å². The van der Waals surface area contributed by atoms with Crippen LogP contribution in [0, 0.1) is 0 Å². The van der Waals surface area contributed by atoms with E-state index >= 15 is 0 Å². The molecule has 3 aromatic carbocycles. The van der Waals surface area contributed by atoms with Crippen LogP contribution in [0.5, 0.6) is 0 Å². The maximum absolute atomic E-state index is 12.1. The zero-order chi connectivity index (χ0) is 16.5. The van der Waals surface area contributed by atoms with Gasteiger partial charge in [0.1, 0.15) is 0 Å². The molecule has 24 heavy (non-hydrogen) atoms. The van der Waals surface area contributed by atoms with Gasteiger partial charge in [0.2, 0.25) is 0 Å².